The van der Waals surface area contributed by atoms with E-state index in [1.54, 1.807) is 12.1 Å². The Balaban J connectivity index is 2.25. The first-order chi connectivity index (χ1) is 13.2. The van der Waals surface area contributed by atoms with E-state index in [9.17, 15) is 22.0 Å². The van der Waals surface area contributed by atoms with E-state index in [-0.39, 0.29) is 13.2 Å². The lowest BCUT2D eigenvalue weighted by Gasteiger charge is -2.22. The van der Waals surface area contributed by atoms with Crippen LogP contribution < -0.4 is 5.32 Å². The van der Waals surface area contributed by atoms with Gasteiger partial charge >= 0.3 is 0 Å². The molecule has 0 fully saturated rings. The second kappa shape index (κ2) is 9.22. The number of carbonyl (C=O) groups excluding carboxylic acids is 1. The number of carbonyl (C=O) groups is 1. The van der Waals surface area contributed by atoms with Crippen LogP contribution in [0.25, 0.3) is 0 Å². The number of anilines is 1. The summed E-state index contributed by atoms with van der Waals surface area (Å²) in [4.78, 5) is 12.0. The molecular formula is C19H22F2N2O4S. The van der Waals surface area contributed by atoms with Gasteiger partial charge in [0.05, 0.1) is 18.0 Å². The maximum atomic E-state index is 13.5. The highest BCUT2D eigenvalue weighted by Crippen LogP contribution is 2.20. The number of halogens is 2. The lowest BCUT2D eigenvalue weighted by Crippen LogP contribution is -2.40. The minimum absolute atomic E-state index is 0.0274. The summed E-state index contributed by atoms with van der Waals surface area (Å²) in [5.41, 5.74) is 2.41. The van der Waals surface area contributed by atoms with Crippen molar-refractivity contribution < 1.29 is 26.7 Å². The highest BCUT2D eigenvalue weighted by Gasteiger charge is 2.27. The highest BCUT2D eigenvalue weighted by atomic mass is 32.2. The van der Waals surface area contributed by atoms with Gasteiger partial charge in [0.15, 0.2) is 11.6 Å². The van der Waals surface area contributed by atoms with Crippen LogP contribution in [0, 0.1) is 25.5 Å². The normalized spacial score (nSPS) is 11.6. The summed E-state index contributed by atoms with van der Waals surface area (Å²) >= 11 is 0. The van der Waals surface area contributed by atoms with Gasteiger partial charge in [0, 0.05) is 19.3 Å². The highest BCUT2D eigenvalue weighted by molar-refractivity contribution is 7.89. The Morgan fingerprint density at radius 2 is 1.86 bits per heavy atom. The number of aryl methyl sites for hydroxylation is 1. The van der Waals surface area contributed by atoms with Crippen LogP contribution in [-0.4, -0.2) is 45.4 Å². The number of benzene rings is 2. The number of methoxy groups -OCH3 is 1. The molecule has 0 aliphatic carbocycles. The lowest BCUT2D eigenvalue weighted by molar-refractivity contribution is -0.116. The summed E-state index contributed by atoms with van der Waals surface area (Å²) in [7, 11) is -2.84. The molecule has 0 spiro atoms. The molecule has 0 saturated heterocycles. The molecule has 2 aromatic rings. The van der Waals surface area contributed by atoms with Crippen LogP contribution >= 0.6 is 0 Å². The Morgan fingerprint density at radius 1 is 1.14 bits per heavy atom. The van der Waals surface area contributed by atoms with E-state index in [1.807, 2.05) is 19.9 Å². The van der Waals surface area contributed by atoms with Gasteiger partial charge in [-0.2, -0.15) is 4.31 Å². The quantitative estimate of drug-likeness (QED) is 0.724. The third-order valence-corrected chi connectivity index (χ3v) is 6.11. The van der Waals surface area contributed by atoms with Crippen LogP contribution in [0.1, 0.15) is 11.1 Å². The molecule has 2 rings (SSSR count). The fourth-order valence-corrected chi connectivity index (χ4v) is 3.89. The third kappa shape index (κ3) is 5.12. The second-order valence-corrected chi connectivity index (χ2v) is 8.14. The average molecular weight is 412 g/mol. The van der Waals surface area contributed by atoms with Gasteiger partial charge in [0.1, 0.15) is 0 Å². The summed E-state index contributed by atoms with van der Waals surface area (Å²) in [6.45, 7) is 3.13. The number of hydrogen-bond acceptors (Lipinski definition) is 4. The molecule has 1 N–H and O–H groups in total. The smallest absolute Gasteiger partial charge is 0.243 e. The molecule has 2 aromatic carbocycles. The molecule has 0 heterocycles. The molecule has 0 unspecified atom stereocenters. The number of amides is 1. The Bertz CT molecular complexity index is 964. The summed E-state index contributed by atoms with van der Waals surface area (Å²) in [6.07, 6.45) is 0. The van der Waals surface area contributed by atoms with E-state index in [2.05, 4.69) is 5.32 Å². The largest absolute Gasteiger partial charge is 0.383 e. The topological polar surface area (TPSA) is 75.7 Å². The van der Waals surface area contributed by atoms with Gasteiger partial charge in [-0.1, -0.05) is 12.1 Å². The van der Waals surface area contributed by atoms with E-state index >= 15 is 0 Å². The summed E-state index contributed by atoms with van der Waals surface area (Å²) in [5, 5.41) is 2.68. The Morgan fingerprint density at radius 3 is 2.50 bits per heavy atom. The molecule has 9 heteroatoms. The first-order valence-corrected chi connectivity index (χ1v) is 9.91. The summed E-state index contributed by atoms with van der Waals surface area (Å²) in [5.74, 6) is -3.00. The third-order valence-electron chi connectivity index (χ3n) is 4.27. The number of hydrogen-bond donors (Lipinski definition) is 1. The molecule has 28 heavy (non-hydrogen) atoms. The van der Waals surface area contributed by atoms with Crippen LogP contribution in [0.2, 0.25) is 0 Å². The molecule has 0 saturated carbocycles. The zero-order valence-electron chi connectivity index (χ0n) is 15.8. The van der Waals surface area contributed by atoms with Crippen molar-refractivity contribution in [3.63, 3.8) is 0 Å². The van der Waals surface area contributed by atoms with Crippen molar-refractivity contribution in [1.82, 2.24) is 4.31 Å². The molecule has 0 radical (unpaired) electrons. The monoisotopic (exact) mass is 412 g/mol. The van der Waals surface area contributed by atoms with Gasteiger partial charge in [-0.15, -0.1) is 0 Å². The van der Waals surface area contributed by atoms with E-state index in [4.69, 9.17) is 4.74 Å². The van der Waals surface area contributed by atoms with E-state index < -0.39 is 39.0 Å². The second-order valence-electron chi connectivity index (χ2n) is 6.20. The maximum absolute atomic E-state index is 13.5. The molecule has 0 aliphatic heterocycles. The number of sulfonamides is 1. The van der Waals surface area contributed by atoms with Crippen LogP contribution in [0.4, 0.5) is 14.5 Å². The van der Waals surface area contributed by atoms with Crippen molar-refractivity contribution in [3.8, 4) is 0 Å². The van der Waals surface area contributed by atoms with Crippen LogP contribution in [-0.2, 0) is 19.6 Å². The zero-order valence-corrected chi connectivity index (χ0v) is 16.6. The molecule has 0 atom stereocenters. The minimum atomic E-state index is -4.23. The molecule has 0 aliphatic rings. The molecule has 0 aromatic heterocycles. The lowest BCUT2D eigenvalue weighted by atomic mass is 10.1. The van der Waals surface area contributed by atoms with Crippen molar-refractivity contribution in [2.45, 2.75) is 18.7 Å². The number of rotatable bonds is 8. The van der Waals surface area contributed by atoms with Crippen molar-refractivity contribution in [3.05, 3.63) is 59.2 Å². The van der Waals surface area contributed by atoms with Crippen molar-refractivity contribution in [1.29, 1.82) is 0 Å². The Hall–Kier alpha value is -2.36. The number of nitrogens with one attached hydrogen (secondary N) is 1. The van der Waals surface area contributed by atoms with E-state index in [0.717, 1.165) is 27.6 Å². The fourth-order valence-electron chi connectivity index (χ4n) is 2.50. The van der Waals surface area contributed by atoms with Gasteiger partial charge < -0.3 is 10.1 Å². The summed E-state index contributed by atoms with van der Waals surface area (Å²) < 4.78 is 58.0. The predicted octanol–water partition coefficient (Wildman–Crippen LogP) is 2.86. The van der Waals surface area contributed by atoms with E-state index in [0.29, 0.717) is 11.8 Å². The molecular weight excluding hydrogens is 390 g/mol. The number of ether oxygens (including phenoxy) is 1. The van der Waals surface area contributed by atoms with Crippen LogP contribution in [0.15, 0.2) is 41.3 Å². The summed E-state index contributed by atoms with van der Waals surface area (Å²) in [6, 6.07) is 7.65. The SMILES string of the molecule is COCCN(CC(=O)Nc1cccc(C)c1C)S(=O)(=O)c1ccc(F)c(F)c1. The molecule has 6 nitrogen and oxygen atoms in total. The molecule has 1 amide bonds. The predicted molar refractivity (Wildman–Crippen MR) is 102 cm³/mol. The first kappa shape index (κ1) is 21.9. The van der Waals surface area contributed by atoms with Crippen LogP contribution in [0.3, 0.4) is 0 Å². The van der Waals surface area contributed by atoms with Gasteiger partial charge in [-0.3, -0.25) is 4.79 Å². The van der Waals surface area contributed by atoms with E-state index in [1.165, 1.54) is 7.11 Å². The molecule has 152 valence electrons. The average Bonchev–Trinajstić information content (AvgIpc) is 2.64. The zero-order chi connectivity index (χ0) is 20.9. The van der Waals surface area contributed by atoms with Gasteiger partial charge in [0.25, 0.3) is 0 Å². The Kier molecular flexibility index (Phi) is 7.22. The maximum Gasteiger partial charge on any atom is 0.243 e. The number of nitrogens with zero attached hydrogens (tertiary/aromatic N) is 1. The van der Waals surface area contributed by atoms with Crippen molar-refractivity contribution in [2.24, 2.45) is 0 Å². The van der Waals surface area contributed by atoms with Gasteiger partial charge in [-0.05, 0) is 49.2 Å². The van der Waals surface area contributed by atoms with Gasteiger partial charge in [-0.25, -0.2) is 17.2 Å². The van der Waals surface area contributed by atoms with Crippen LogP contribution in [0.5, 0.6) is 0 Å². The first-order valence-electron chi connectivity index (χ1n) is 8.47. The fraction of sp³-hybridized carbons (Fsp3) is 0.316. The van der Waals surface area contributed by atoms with Crippen molar-refractivity contribution in [2.75, 3.05) is 32.1 Å². The molecule has 0 bridgehead atoms. The van der Waals surface area contributed by atoms with Crippen molar-refractivity contribution >= 4 is 21.6 Å². The minimum Gasteiger partial charge on any atom is -0.383 e. The standard InChI is InChI=1S/C19H22F2N2O4S/c1-13-5-4-6-18(14(13)2)22-19(24)12-23(9-10-27-3)28(25,26)15-7-8-16(20)17(21)11-15/h4-8,11H,9-10,12H2,1-3H3,(H,22,24). The Labute approximate surface area is 163 Å². The van der Waals surface area contributed by atoms with Gasteiger partial charge in [0.2, 0.25) is 15.9 Å².